The molecule has 3 aromatic rings. The van der Waals surface area contributed by atoms with E-state index in [-0.39, 0.29) is 11.3 Å². The summed E-state index contributed by atoms with van der Waals surface area (Å²) < 4.78 is 13.4. The highest BCUT2D eigenvalue weighted by Crippen LogP contribution is 2.43. The maximum atomic E-state index is 11.8. The van der Waals surface area contributed by atoms with E-state index in [1.807, 2.05) is 18.2 Å². The molecule has 0 spiro atoms. The number of rotatable bonds is 5. The van der Waals surface area contributed by atoms with Crippen molar-refractivity contribution in [3.05, 3.63) is 70.9 Å². The lowest BCUT2D eigenvalue weighted by Crippen LogP contribution is -2.23. The third-order valence-electron chi connectivity index (χ3n) is 5.09. The van der Waals surface area contributed by atoms with Gasteiger partial charge in [0.25, 0.3) is 0 Å². The largest absolute Gasteiger partial charge is 0.439 e. The molecule has 1 N–H and O–H groups in total. The van der Waals surface area contributed by atoms with Crippen LogP contribution in [0.3, 0.4) is 0 Å². The van der Waals surface area contributed by atoms with Gasteiger partial charge in [-0.15, -0.1) is 0 Å². The van der Waals surface area contributed by atoms with Gasteiger partial charge in [0.1, 0.15) is 23.6 Å². The van der Waals surface area contributed by atoms with Gasteiger partial charge >= 0.3 is 5.69 Å². The van der Waals surface area contributed by atoms with Gasteiger partial charge in [0, 0.05) is 6.07 Å². The first-order valence-corrected chi connectivity index (χ1v) is 8.91. The molecule has 0 bridgehead atoms. The number of aryl methyl sites for hydroxylation is 1. The van der Waals surface area contributed by atoms with Crippen LogP contribution in [0.5, 0.6) is 11.6 Å². The van der Waals surface area contributed by atoms with Gasteiger partial charge in [0.15, 0.2) is 0 Å². The summed E-state index contributed by atoms with van der Waals surface area (Å²) >= 11 is 0. The molecule has 0 saturated heterocycles. The molecule has 1 aromatic carbocycles. The van der Waals surface area contributed by atoms with Crippen LogP contribution < -0.4 is 10.4 Å². The quantitative estimate of drug-likeness (QED) is 0.701. The predicted octanol–water partition coefficient (Wildman–Crippen LogP) is 3.42. The summed E-state index contributed by atoms with van der Waals surface area (Å²) in [6.45, 7) is 8.51. The summed E-state index contributed by atoms with van der Waals surface area (Å²) in [7, 11) is 0. The molecule has 0 aliphatic carbocycles. The molecular formula is C20H21N4O3+. The highest BCUT2D eigenvalue weighted by Gasteiger charge is 2.40. The minimum atomic E-state index is -0.341. The molecule has 1 aliphatic heterocycles. The molecule has 7 heteroatoms. The normalized spacial score (nSPS) is 18.4. The molecule has 138 valence electrons. The van der Waals surface area contributed by atoms with E-state index in [4.69, 9.17) is 9.47 Å². The van der Waals surface area contributed by atoms with Crippen LogP contribution in [0, 0.1) is 13.8 Å². The van der Waals surface area contributed by atoms with Gasteiger partial charge in [-0.2, -0.15) is 5.10 Å². The number of benzene rings is 1. The summed E-state index contributed by atoms with van der Waals surface area (Å²) in [5, 5.41) is 6.31. The highest BCUT2D eigenvalue weighted by molar-refractivity contribution is 5.43. The first kappa shape index (κ1) is 17.4. The van der Waals surface area contributed by atoms with E-state index < -0.39 is 0 Å². The van der Waals surface area contributed by atoms with E-state index in [2.05, 4.69) is 29.0 Å². The van der Waals surface area contributed by atoms with Crippen LogP contribution in [0.25, 0.3) is 5.69 Å². The topological polar surface area (TPSA) is 82.0 Å². The molecule has 3 heterocycles. The van der Waals surface area contributed by atoms with Crippen LogP contribution in [0.4, 0.5) is 0 Å². The van der Waals surface area contributed by atoms with E-state index in [0.29, 0.717) is 36.2 Å². The van der Waals surface area contributed by atoms with Crippen LogP contribution in [0.2, 0.25) is 0 Å². The molecule has 7 nitrogen and oxygen atoms in total. The van der Waals surface area contributed by atoms with E-state index in [1.165, 1.54) is 10.1 Å². The fourth-order valence-electron chi connectivity index (χ4n) is 3.50. The fraction of sp³-hybridized carbons (Fsp3) is 0.300. The third kappa shape index (κ3) is 2.90. The first-order chi connectivity index (χ1) is 13.1. The Morgan fingerprint density at radius 3 is 2.85 bits per heavy atom. The molecule has 0 amide bonds. The molecule has 4 rings (SSSR count). The van der Waals surface area contributed by atoms with Crippen molar-refractivity contribution in [3.63, 3.8) is 0 Å². The lowest BCUT2D eigenvalue weighted by atomic mass is 9.87. The highest BCUT2D eigenvalue weighted by atomic mass is 16.5. The number of fused-ring (bicyclic) bond motifs is 1. The van der Waals surface area contributed by atoms with Crippen molar-refractivity contribution in [2.24, 2.45) is 0 Å². The lowest BCUT2D eigenvalue weighted by molar-refractivity contribution is -0.0394. The lowest BCUT2D eigenvalue weighted by Gasteiger charge is -2.23. The van der Waals surface area contributed by atoms with Crippen molar-refractivity contribution >= 4 is 0 Å². The van der Waals surface area contributed by atoms with Gasteiger partial charge in [-0.05, 0) is 42.7 Å². The zero-order valence-electron chi connectivity index (χ0n) is 15.4. The van der Waals surface area contributed by atoms with Crippen LogP contribution in [0.1, 0.15) is 36.7 Å². The second kappa shape index (κ2) is 6.59. The fourth-order valence-corrected chi connectivity index (χ4v) is 3.50. The Labute approximate surface area is 157 Å². The summed E-state index contributed by atoms with van der Waals surface area (Å²) in [4.78, 5) is 16.1. The second-order valence-corrected chi connectivity index (χ2v) is 6.57. The molecule has 27 heavy (non-hydrogen) atoms. The molecule has 1 aliphatic rings. The van der Waals surface area contributed by atoms with Crippen molar-refractivity contribution in [2.75, 3.05) is 0 Å². The second-order valence-electron chi connectivity index (χ2n) is 6.57. The Kier molecular flexibility index (Phi) is 4.24. The zero-order chi connectivity index (χ0) is 19.0. The van der Waals surface area contributed by atoms with Crippen molar-refractivity contribution in [2.45, 2.75) is 38.9 Å². The number of aromatic nitrogens is 4. The van der Waals surface area contributed by atoms with E-state index >= 15 is 0 Å². The van der Waals surface area contributed by atoms with Gasteiger partial charge in [-0.3, -0.25) is 0 Å². The molecule has 2 aromatic heterocycles. The Balaban J connectivity index is 1.60. The molecule has 1 unspecified atom stereocenters. The van der Waals surface area contributed by atoms with Crippen molar-refractivity contribution < 1.29 is 9.47 Å². The van der Waals surface area contributed by atoms with Gasteiger partial charge in [-0.1, -0.05) is 13.0 Å². The molecule has 1 atom stereocenters. The Morgan fingerprint density at radius 1 is 1.37 bits per heavy atom. The van der Waals surface area contributed by atoms with Crippen molar-refractivity contribution in [1.82, 2.24) is 19.7 Å². The maximum absolute atomic E-state index is 11.8. The predicted molar refractivity (Wildman–Crippen MR) is 100.0 cm³/mol. The maximum Gasteiger partial charge on any atom is 0.347 e. The molecule has 0 radical (unpaired) electrons. The number of aromatic amines is 1. The SMILES string of the molecule is [CH2+]CC1(CC)OCc2ccc(Oc3ccc(-n4c(C)n[nH]c4=O)cn3)cc21. The monoisotopic (exact) mass is 365 g/mol. The average molecular weight is 365 g/mol. The minimum absolute atomic E-state index is 0.300. The number of ether oxygens (including phenoxy) is 2. The van der Waals surface area contributed by atoms with E-state index in [0.717, 1.165) is 12.0 Å². The number of nitrogens with one attached hydrogen (secondary N) is 1. The van der Waals surface area contributed by atoms with Gasteiger partial charge in [-0.25, -0.2) is 19.4 Å². The number of nitrogens with zero attached hydrogens (tertiary/aromatic N) is 3. The standard InChI is InChI=1S/C20H20N4O3/c1-4-20(5-2)17-10-16(8-6-14(17)12-26-20)27-18-9-7-15(11-21-18)24-13(3)22-23-19(24)25/h6-11H,1,4-5,12H2,2-3H3/p+1. The number of pyridine rings is 1. The number of H-pyrrole nitrogens is 1. The van der Waals surface area contributed by atoms with Crippen LogP contribution >= 0.6 is 0 Å². The Bertz CT molecular complexity index is 1020. The van der Waals surface area contributed by atoms with E-state index in [9.17, 15) is 4.79 Å². The summed E-state index contributed by atoms with van der Waals surface area (Å²) in [5.41, 5.74) is 2.29. The smallest absolute Gasteiger partial charge is 0.347 e. The van der Waals surface area contributed by atoms with Crippen LogP contribution in [-0.4, -0.2) is 19.7 Å². The number of hydrogen-bond donors (Lipinski definition) is 1. The molecular weight excluding hydrogens is 344 g/mol. The van der Waals surface area contributed by atoms with Crippen LogP contribution in [-0.2, 0) is 16.9 Å². The number of hydrogen-bond acceptors (Lipinski definition) is 5. The zero-order valence-corrected chi connectivity index (χ0v) is 15.4. The average Bonchev–Trinajstić information content (AvgIpc) is 3.22. The first-order valence-electron chi connectivity index (χ1n) is 8.91. The molecule has 0 fully saturated rings. The summed E-state index contributed by atoms with van der Waals surface area (Å²) in [6.07, 6.45) is 3.12. The summed E-state index contributed by atoms with van der Waals surface area (Å²) in [6, 6.07) is 9.45. The summed E-state index contributed by atoms with van der Waals surface area (Å²) in [5.74, 6) is 1.71. The van der Waals surface area contributed by atoms with Gasteiger partial charge in [0.05, 0.1) is 25.4 Å². The van der Waals surface area contributed by atoms with Gasteiger partial charge in [0.2, 0.25) is 5.88 Å². The molecule has 0 saturated carbocycles. The third-order valence-corrected chi connectivity index (χ3v) is 5.09. The van der Waals surface area contributed by atoms with Gasteiger partial charge < -0.3 is 9.47 Å². The van der Waals surface area contributed by atoms with Crippen LogP contribution in [0.15, 0.2) is 41.3 Å². The van der Waals surface area contributed by atoms with Crippen molar-refractivity contribution in [3.8, 4) is 17.3 Å². The van der Waals surface area contributed by atoms with Crippen molar-refractivity contribution in [1.29, 1.82) is 0 Å². The minimum Gasteiger partial charge on any atom is -0.439 e. The Morgan fingerprint density at radius 2 is 2.22 bits per heavy atom. The Hall–Kier alpha value is -3.06. The van der Waals surface area contributed by atoms with E-state index in [1.54, 1.807) is 25.3 Å².